The Labute approximate surface area is 144 Å². The molecule has 1 N–H and O–H groups in total. The number of nitrogens with zero attached hydrogens (tertiary/aromatic N) is 3. The molecular formula is C19H40N4. The van der Waals surface area contributed by atoms with E-state index in [2.05, 4.69) is 75.7 Å². The van der Waals surface area contributed by atoms with Crippen molar-refractivity contribution in [3.05, 3.63) is 0 Å². The fourth-order valence-electron chi connectivity index (χ4n) is 4.50. The molecule has 4 heteroatoms. The third-order valence-corrected chi connectivity index (χ3v) is 6.39. The van der Waals surface area contributed by atoms with Gasteiger partial charge in [-0.05, 0) is 53.6 Å². The van der Waals surface area contributed by atoms with Crippen molar-refractivity contribution in [3.63, 3.8) is 0 Å². The van der Waals surface area contributed by atoms with Gasteiger partial charge in [-0.25, -0.2) is 0 Å². The average Bonchev–Trinajstić information content (AvgIpc) is 3.00. The number of hydrogen-bond acceptors (Lipinski definition) is 4. The Morgan fingerprint density at radius 3 is 2.35 bits per heavy atom. The Morgan fingerprint density at radius 1 is 1.17 bits per heavy atom. The van der Waals surface area contributed by atoms with Crippen LogP contribution in [-0.2, 0) is 0 Å². The zero-order valence-electron chi connectivity index (χ0n) is 16.8. The van der Waals surface area contributed by atoms with Gasteiger partial charge in [0.05, 0.1) is 0 Å². The van der Waals surface area contributed by atoms with Gasteiger partial charge in [0.2, 0.25) is 0 Å². The third-order valence-electron chi connectivity index (χ3n) is 6.39. The second-order valence-corrected chi connectivity index (χ2v) is 9.17. The lowest BCUT2D eigenvalue weighted by Gasteiger charge is -2.36. The van der Waals surface area contributed by atoms with E-state index in [-0.39, 0.29) is 0 Å². The van der Waals surface area contributed by atoms with Crippen molar-refractivity contribution in [1.29, 1.82) is 0 Å². The van der Waals surface area contributed by atoms with Crippen LogP contribution < -0.4 is 5.32 Å². The van der Waals surface area contributed by atoms with E-state index in [1.54, 1.807) is 0 Å². The summed E-state index contributed by atoms with van der Waals surface area (Å²) in [7, 11) is 4.61. The molecule has 2 aliphatic rings. The minimum absolute atomic E-state index is 0.376. The zero-order chi connectivity index (χ0) is 17.4. The van der Waals surface area contributed by atoms with E-state index in [9.17, 15) is 0 Å². The SMILES string of the molecule is CC(CN1C[C@H](N(C)C(C)C)C(C)(C)C1)N(C)[C@H]1CN[C@@H](C)C1. The smallest absolute Gasteiger partial charge is 0.0286 e. The van der Waals surface area contributed by atoms with Gasteiger partial charge < -0.3 is 5.32 Å². The van der Waals surface area contributed by atoms with Gasteiger partial charge in [-0.1, -0.05) is 13.8 Å². The largest absolute Gasteiger partial charge is 0.313 e. The van der Waals surface area contributed by atoms with Gasteiger partial charge in [0.25, 0.3) is 0 Å². The lowest BCUT2D eigenvalue weighted by atomic mass is 9.86. The fraction of sp³-hybridized carbons (Fsp3) is 1.00. The van der Waals surface area contributed by atoms with Gasteiger partial charge in [0.1, 0.15) is 0 Å². The molecule has 2 rings (SSSR count). The topological polar surface area (TPSA) is 21.8 Å². The number of nitrogens with one attached hydrogen (secondary N) is 1. The predicted octanol–water partition coefficient (Wildman–Crippen LogP) is 2.11. The normalized spacial score (nSPS) is 33.3. The third kappa shape index (κ3) is 4.47. The van der Waals surface area contributed by atoms with Crippen molar-refractivity contribution in [1.82, 2.24) is 20.0 Å². The van der Waals surface area contributed by atoms with Crippen molar-refractivity contribution in [2.75, 3.05) is 40.3 Å². The lowest BCUT2D eigenvalue weighted by molar-refractivity contribution is 0.125. The van der Waals surface area contributed by atoms with Crippen LogP contribution in [0.2, 0.25) is 0 Å². The average molecular weight is 325 g/mol. The molecule has 0 saturated carbocycles. The van der Waals surface area contributed by atoms with Gasteiger partial charge in [-0.2, -0.15) is 0 Å². The molecule has 2 aliphatic heterocycles. The molecule has 0 bridgehead atoms. The maximum atomic E-state index is 3.58. The quantitative estimate of drug-likeness (QED) is 0.808. The summed E-state index contributed by atoms with van der Waals surface area (Å²) >= 11 is 0. The van der Waals surface area contributed by atoms with E-state index >= 15 is 0 Å². The molecule has 136 valence electrons. The van der Waals surface area contributed by atoms with Crippen molar-refractivity contribution >= 4 is 0 Å². The molecule has 0 aliphatic carbocycles. The Kier molecular flexibility index (Phi) is 6.15. The number of likely N-dealkylation sites (tertiary alicyclic amines) is 1. The Bertz CT molecular complexity index is 382. The maximum Gasteiger partial charge on any atom is 0.0286 e. The number of rotatable bonds is 6. The van der Waals surface area contributed by atoms with E-state index in [1.165, 1.54) is 26.1 Å². The minimum atomic E-state index is 0.376. The lowest BCUT2D eigenvalue weighted by Crippen LogP contribution is -2.47. The molecule has 2 fully saturated rings. The highest BCUT2D eigenvalue weighted by molar-refractivity contribution is 4.98. The first-order chi connectivity index (χ1) is 10.6. The Morgan fingerprint density at radius 2 is 1.83 bits per heavy atom. The summed E-state index contributed by atoms with van der Waals surface area (Å²) in [6.45, 7) is 18.9. The van der Waals surface area contributed by atoms with Crippen molar-refractivity contribution in [2.24, 2.45) is 5.41 Å². The molecule has 0 spiro atoms. The van der Waals surface area contributed by atoms with E-state index in [0.29, 0.717) is 35.6 Å². The zero-order valence-corrected chi connectivity index (χ0v) is 16.8. The Hall–Kier alpha value is -0.160. The summed E-state index contributed by atoms with van der Waals surface area (Å²) in [6.07, 6.45) is 1.28. The number of hydrogen-bond donors (Lipinski definition) is 1. The van der Waals surface area contributed by atoms with Crippen LogP contribution in [0.3, 0.4) is 0 Å². The summed E-state index contributed by atoms with van der Waals surface area (Å²) in [5.74, 6) is 0. The highest BCUT2D eigenvalue weighted by Crippen LogP contribution is 2.34. The number of likely N-dealkylation sites (N-methyl/N-ethyl adjacent to an activating group) is 2. The highest BCUT2D eigenvalue weighted by Gasteiger charge is 2.42. The van der Waals surface area contributed by atoms with Crippen LogP contribution in [0.4, 0.5) is 0 Å². The van der Waals surface area contributed by atoms with Crippen LogP contribution >= 0.6 is 0 Å². The minimum Gasteiger partial charge on any atom is -0.313 e. The van der Waals surface area contributed by atoms with E-state index < -0.39 is 0 Å². The molecule has 0 aromatic heterocycles. The first-order valence-electron chi connectivity index (χ1n) is 9.51. The monoisotopic (exact) mass is 324 g/mol. The van der Waals surface area contributed by atoms with Crippen LogP contribution in [0.5, 0.6) is 0 Å². The van der Waals surface area contributed by atoms with E-state index in [4.69, 9.17) is 0 Å². The van der Waals surface area contributed by atoms with Gasteiger partial charge in [-0.15, -0.1) is 0 Å². The first-order valence-corrected chi connectivity index (χ1v) is 9.51. The van der Waals surface area contributed by atoms with Crippen LogP contribution in [-0.4, -0.2) is 85.2 Å². The summed E-state index contributed by atoms with van der Waals surface area (Å²) in [4.78, 5) is 7.86. The summed E-state index contributed by atoms with van der Waals surface area (Å²) in [6, 6.07) is 3.26. The van der Waals surface area contributed by atoms with Crippen LogP contribution in [0, 0.1) is 5.41 Å². The predicted molar refractivity (Wildman–Crippen MR) is 100 cm³/mol. The summed E-state index contributed by atoms with van der Waals surface area (Å²) in [5.41, 5.74) is 0.376. The summed E-state index contributed by atoms with van der Waals surface area (Å²) in [5, 5.41) is 3.58. The Balaban J connectivity index is 1.90. The molecule has 23 heavy (non-hydrogen) atoms. The molecule has 2 heterocycles. The van der Waals surface area contributed by atoms with Crippen LogP contribution in [0.15, 0.2) is 0 Å². The van der Waals surface area contributed by atoms with Crippen molar-refractivity contribution in [3.8, 4) is 0 Å². The molecule has 0 aromatic carbocycles. The fourth-order valence-corrected chi connectivity index (χ4v) is 4.50. The molecule has 4 nitrogen and oxygen atoms in total. The van der Waals surface area contributed by atoms with Gasteiger partial charge >= 0.3 is 0 Å². The molecule has 0 amide bonds. The van der Waals surface area contributed by atoms with Crippen molar-refractivity contribution in [2.45, 2.75) is 78.2 Å². The maximum absolute atomic E-state index is 3.58. The highest BCUT2D eigenvalue weighted by atomic mass is 15.3. The second kappa shape index (κ2) is 7.38. The van der Waals surface area contributed by atoms with Gasteiger partial charge in [0, 0.05) is 56.4 Å². The van der Waals surface area contributed by atoms with Gasteiger partial charge in [0.15, 0.2) is 0 Å². The van der Waals surface area contributed by atoms with E-state index in [0.717, 1.165) is 6.54 Å². The second-order valence-electron chi connectivity index (χ2n) is 9.17. The molecule has 1 unspecified atom stereocenters. The summed E-state index contributed by atoms with van der Waals surface area (Å²) < 4.78 is 0. The molecular weight excluding hydrogens is 284 g/mol. The van der Waals surface area contributed by atoms with Crippen LogP contribution in [0.25, 0.3) is 0 Å². The molecule has 0 aromatic rings. The first kappa shape index (κ1) is 19.2. The molecule has 2 saturated heterocycles. The standard InChI is InChI=1S/C19H40N4/c1-14(2)21(7)18-12-23(13-19(18,5)6)11-16(4)22(8)17-9-15(3)20-10-17/h14-18,20H,9-13H2,1-8H3/t15-,16?,17+,18-/m0/s1. The molecule has 0 radical (unpaired) electrons. The van der Waals surface area contributed by atoms with Crippen molar-refractivity contribution < 1.29 is 0 Å². The van der Waals surface area contributed by atoms with Crippen LogP contribution in [0.1, 0.15) is 48.0 Å². The molecule has 4 atom stereocenters. The van der Waals surface area contributed by atoms with E-state index in [1.807, 2.05) is 0 Å². The van der Waals surface area contributed by atoms with Gasteiger partial charge in [-0.3, -0.25) is 14.7 Å².